The van der Waals surface area contributed by atoms with E-state index in [1.54, 1.807) is 37.4 Å². The molecule has 0 fully saturated rings. The van der Waals surface area contributed by atoms with Crippen molar-refractivity contribution in [1.29, 1.82) is 0 Å². The fourth-order valence-corrected chi connectivity index (χ4v) is 4.75. The molecule has 0 amide bonds. The number of thiophene rings is 1. The van der Waals surface area contributed by atoms with Gasteiger partial charge in [-0.1, -0.05) is 18.2 Å². The number of esters is 2. The molecule has 0 aliphatic heterocycles. The van der Waals surface area contributed by atoms with Gasteiger partial charge in [0.2, 0.25) is 0 Å². The lowest BCUT2D eigenvalue weighted by Gasteiger charge is -2.24. The zero-order chi connectivity index (χ0) is 19.2. The van der Waals surface area contributed by atoms with Crippen LogP contribution in [0.3, 0.4) is 0 Å². The Balaban J connectivity index is 2.55. The van der Waals surface area contributed by atoms with Crippen molar-refractivity contribution >= 4 is 39.0 Å². The molecule has 2 rings (SSSR count). The maximum absolute atomic E-state index is 13.0. The minimum Gasteiger partial charge on any atom is -0.465 e. The Morgan fingerprint density at radius 1 is 1.04 bits per heavy atom. The van der Waals surface area contributed by atoms with E-state index in [-0.39, 0.29) is 28.7 Å². The van der Waals surface area contributed by atoms with Crippen LogP contribution in [0.4, 0.5) is 5.69 Å². The third-order valence-electron chi connectivity index (χ3n) is 3.29. The van der Waals surface area contributed by atoms with E-state index in [1.807, 2.05) is 0 Å². The number of hydrogen-bond donors (Lipinski definition) is 0. The topological polar surface area (TPSA) is 90.0 Å². The number of hydrogen-bond acceptors (Lipinski definition) is 7. The standard InChI is InChI=1S/C17H19NO6S2/c1-3-23-15(19)12-18(26(21,22)16-10-7-11-25-16)14-9-6-5-8-13(14)17(20)24-4-2/h5-11H,3-4,12H2,1-2H3. The average molecular weight is 397 g/mol. The van der Waals surface area contributed by atoms with Gasteiger partial charge in [0.1, 0.15) is 10.8 Å². The van der Waals surface area contributed by atoms with Crippen molar-refractivity contribution < 1.29 is 27.5 Å². The molecule has 0 spiro atoms. The predicted molar refractivity (Wildman–Crippen MR) is 97.9 cm³/mol. The number of ether oxygens (including phenoxy) is 2. The average Bonchev–Trinajstić information content (AvgIpc) is 3.15. The van der Waals surface area contributed by atoms with E-state index >= 15 is 0 Å². The van der Waals surface area contributed by atoms with E-state index in [0.29, 0.717) is 0 Å². The highest BCUT2D eigenvalue weighted by molar-refractivity contribution is 7.94. The molecule has 140 valence electrons. The molecule has 0 N–H and O–H groups in total. The minimum atomic E-state index is -4.05. The van der Waals surface area contributed by atoms with Gasteiger partial charge in [-0.05, 0) is 37.4 Å². The Morgan fingerprint density at radius 2 is 1.73 bits per heavy atom. The lowest BCUT2D eigenvalue weighted by molar-refractivity contribution is -0.141. The molecule has 0 aliphatic rings. The number of para-hydroxylation sites is 1. The molecule has 2 aromatic rings. The van der Waals surface area contributed by atoms with Crippen LogP contribution in [0.5, 0.6) is 0 Å². The first kappa shape index (κ1) is 19.9. The Morgan fingerprint density at radius 3 is 2.35 bits per heavy atom. The SMILES string of the molecule is CCOC(=O)CN(c1ccccc1C(=O)OCC)S(=O)(=O)c1cccs1. The highest BCUT2D eigenvalue weighted by Crippen LogP contribution is 2.29. The van der Waals surface area contributed by atoms with E-state index in [2.05, 4.69) is 0 Å². The first-order valence-electron chi connectivity index (χ1n) is 7.89. The van der Waals surface area contributed by atoms with Crippen LogP contribution in [0.15, 0.2) is 46.0 Å². The first-order chi connectivity index (χ1) is 12.4. The van der Waals surface area contributed by atoms with E-state index in [4.69, 9.17) is 9.47 Å². The van der Waals surface area contributed by atoms with Crippen molar-refractivity contribution in [3.05, 3.63) is 47.3 Å². The summed E-state index contributed by atoms with van der Waals surface area (Å²) in [7, 11) is -4.05. The quantitative estimate of drug-likeness (QED) is 0.636. The molecule has 0 atom stereocenters. The summed E-state index contributed by atoms with van der Waals surface area (Å²) < 4.78 is 36.9. The van der Waals surface area contributed by atoms with Gasteiger partial charge >= 0.3 is 11.9 Å². The molecule has 1 aromatic heterocycles. The second-order valence-electron chi connectivity index (χ2n) is 4.99. The van der Waals surface area contributed by atoms with Crippen molar-refractivity contribution in [2.75, 3.05) is 24.1 Å². The smallest absolute Gasteiger partial charge is 0.340 e. The summed E-state index contributed by atoms with van der Waals surface area (Å²) in [4.78, 5) is 24.2. The van der Waals surface area contributed by atoms with Crippen LogP contribution in [0.2, 0.25) is 0 Å². The van der Waals surface area contributed by atoms with Crippen molar-refractivity contribution in [3.63, 3.8) is 0 Å². The van der Waals surface area contributed by atoms with Gasteiger partial charge in [-0.15, -0.1) is 11.3 Å². The van der Waals surface area contributed by atoms with Crippen molar-refractivity contribution in [3.8, 4) is 0 Å². The van der Waals surface area contributed by atoms with E-state index in [0.717, 1.165) is 15.6 Å². The molecule has 1 aromatic carbocycles. The second kappa shape index (κ2) is 8.81. The van der Waals surface area contributed by atoms with Crippen molar-refractivity contribution in [2.45, 2.75) is 18.1 Å². The molecule has 0 saturated carbocycles. The maximum atomic E-state index is 13.0. The summed E-state index contributed by atoms with van der Waals surface area (Å²) in [5.41, 5.74) is 0.117. The molecule has 0 aliphatic carbocycles. The third-order valence-corrected chi connectivity index (χ3v) is 6.42. The zero-order valence-corrected chi connectivity index (χ0v) is 16.0. The molecule has 9 heteroatoms. The molecule has 0 bridgehead atoms. The lowest BCUT2D eigenvalue weighted by Crippen LogP contribution is -2.37. The maximum Gasteiger partial charge on any atom is 0.340 e. The van der Waals surface area contributed by atoms with Crippen LogP contribution in [-0.2, 0) is 24.3 Å². The number of nitrogens with zero attached hydrogens (tertiary/aromatic N) is 1. The van der Waals surface area contributed by atoms with Crippen LogP contribution >= 0.6 is 11.3 Å². The largest absolute Gasteiger partial charge is 0.465 e. The van der Waals surface area contributed by atoms with Gasteiger partial charge in [0.15, 0.2) is 0 Å². The van der Waals surface area contributed by atoms with Gasteiger partial charge in [-0.25, -0.2) is 13.2 Å². The normalized spacial score (nSPS) is 11.0. The summed E-state index contributed by atoms with van der Waals surface area (Å²) in [5, 5.41) is 1.62. The summed E-state index contributed by atoms with van der Waals surface area (Å²) in [6.45, 7) is 2.99. The monoisotopic (exact) mass is 397 g/mol. The number of anilines is 1. The number of carbonyl (C=O) groups excluding carboxylic acids is 2. The lowest BCUT2D eigenvalue weighted by atomic mass is 10.2. The Kier molecular flexibility index (Phi) is 6.76. The van der Waals surface area contributed by atoms with E-state index in [9.17, 15) is 18.0 Å². The summed E-state index contributed by atoms with van der Waals surface area (Å²) in [6, 6.07) is 9.12. The number of sulfonamides is 1. The van der Waals surface area contributed by atoms with Crippen LogP contribution in [0.25, 0.3) is 0 Å². The van der Waals surface area contributed by atoms with Gasteiger partial charge in [-0.2, -0.15) is 0 Å². The molecule has 26 heavy (non-hydrogen) atoms. The second-order valence-corrected chi connectivity index (χ2v) is 8.02. The highest BCUT2D eigenvalue weighted by Gasteiger charge is 2.31. The highest BCUT2D eigenvalue weighted by atomic mass is 32.2. The number of benzene rings is 1. The van der Waals surface area contributed by atoms with Crippen LogP contribution < -0.4 is 4.31 Å². The molecule has 7 nitrogen and oxygen atoms in total. The predicted octanol–water partition coefficient (Wildman–Crippen LogP) is 2.68. The molecular formula is C17H19NO6S2. The van der Waals surface area contributed by atoms with Crippen LogP contribution in [-0.4, -0.2) is 40.1 Å². The van der Waals surface area contributed by atoms with Crippen molar-refractivity contribution in [2.24, 2.45) is 0 Å². The van der Waals surface area contributed by atoms with Gasteiger partial charge in [-0.3, -0.25) is 9.10 Å². The summed E-state index contributed by atoms with van der Waals surface area (Å²) in [5.74, 6) is -1.38. The molecule has 1 heterocycles. The Labute approximate surface area is 156 Å². The summed E-state index contributed by atoms with van der Waals surface area (Å²) >= 11 is 1.02. The van der Waals surface area contributed by atoms with E-state index < -0.39 is 28.5 Å². The number of rotatable bonds is 8. The molecular weight excluding hydrogens is 378 g/mol. The minimum absolute atomic E-state index is 0.0544. The molecule has 0 saturated heterocycles. The van der Waals surface area contributed by atoms with E-state index in [1.165, 1.54) is 18.2 Å². The van der Waals surface area contributed by atoms with Gasteiger partial charge < -0.3 is 9.47 Å². The van der Waals surface area contributed by atoms with Crippen LogP contribution in [0, 0.1) is 0 Å². The van der Waals surface area contributed by atoms with Crippen molar-refractivity contribution in [1.82, 2.24) is 0 Å². The third kappa shape index (κ3) is 4.41. The first-order valence-corrected chi connectivity index (χ1v) is 10.2. The fraction of sp³-hybridized carbons (Fsp3) is 0.294. The van der Waals surface area contributed by atoms with Gasteiger partial charge in [0.25, 0.3) is 10.0 Å². The van der Waals surface area contributed by atoms with Crippen LogP contribution in [0.1, 0.15) is 24.2 Å². The summed E-state index contributed by atoms with van der Waals surface area (Å²) in [6.07, 6.45) is 0. The Hall–Kier alpha value is -2.39. The van der Waals surface area contributed by atoms with Gasteiger partial charge in [0.05, 0.1) is 24.5 Å². The molecule has 0 radical (unpaired) electrons. The molecule has 0 unspecified atom stereocenters. The Bertz CT molecular complexity index is 861. The zero-order valence-electron chi connectivity index (χ0n) is 14.4. The number of carbonyl (C=O) groups is 2. The fourth-order valence-electron chi connectivity index (χ4n) is 2.21. The van der Waals surface area contributed by atoms with Gasteiger partial charge in [0, 0.05) is 0 Å².